The lowest BCUT2D eigenvalue weighted by Crippen LogP contribution is -2.34. The third-order valence-corrected chi connectivity index (χ3v) is 7.50. The van der Waals surface area contributed by atoms with Gasteiger partial charge in [-0.05, 0) is 63.7 Å². The molecule has 3 aromatic heterocycles. The second-order valence-corrected chi connectivity index (χ2v) is 10.9. The van der Waals surface area contributed by atoms with E-state index < -0.39 is 0 Å². The maximum Gasteiger partial charge on any atom is 0.263 e. The van der Waals surface area contributed by atoms with Gasteiger partial charge in [0.05, 0.1) is 17.9 Å². The summed E-state index contributed by atoms with van der Waals surface area (Å²) >= 11 is 6.25. The van der Waals surface area contributed by atoms with E-state index in [4.69, 9.17) is 16.7 Å². The molecule has 0 spiro atoms. The molecule has 0 fully saturated rings. The number of pyridine rings is 2. The van der Waals surface area contributed by atoms with Gasteiger partial charge in [0.25, 0.3) is 12.2 Å². The molecule has 0 saturated heterocycles. The van der Waals surface area contributed by atoms with Crippen molar-refractivity contribution in [1.82, 2.24) is 24.2 Å². The Morgan fingerprint density at radius 1 is 1.26 bits per heavy atom. The minimum absolute atomic E-state index is 0.0331. The lowest BCUT2D eigenvalue weighted by atomic mass is 9.95. The number of benzene rings is 1. The molecule has 0 bridgehead atoms. The van der Waals surface area contributed by atoms with Crippen LogP contribution in [0.4, 0.5) is 5.69 Å². The third-order valence-electron chi connectivity index (χ3n) is 7.29. The number of rotatable bonds is 6. The molecule has 0 radical (unpaired) electrons. The number of nitrogens with one attached hydrogen (secondary N) is 1. The van der Waals surface area contributed by atoms with E-state index in [2.05, 4.69) is 52.4 Å². The van der Waals surface area contributed by atoms with Gasteiger partial charge in [0.2, 0.25) is 5.84 Å². The van der Waals surface area contributed by atoms with Crippen LogP contribution >= 0.6 is 11.6 Å². The number of aliphatic imine (C=N–C) groups is 1. The average molecular weight is 533 g/mol. The Kier molecular flexibility index (Phi) is 6.03. The molecular weight excluding hydrogens is 502 g/mol. The molecule has 0 aliphatic carbocycles. The summed E-state index contributed by atoms with van der Waals surface area (Å²) in [5.41, 5.74) is 4.38. The van der Waals surface area contributed by atoms with Gasteiger partial charge in [-0.15, -0.1) is 4.70 Å². The normalized spacial score (nSPS) is 17.8. The number of hydrogen-bond acceptors (Lipinski definition) is 7. The Hall–Kier alpha value is -3.63. The molecule has 38 heavy (non-hydrogen) atoms. The number of likely N-dealkylation sites (N-methyl/N-ethyl adjacent to an activating group) is 1. The van der Waals surface area contributed by atoms with Crippen molar-refractivity contribution in [3.05, 3.63) is 62.8 Å². The van der Waals surface area contributed by atoms with E-state index in [1.54, 1.807) is 10.8 Å². The molecule has 10 nitrogen and oxygen atoms in total. The molecule has 2 atom stereocenters. The van der Waals surface area contributed by atoms with Gasteiger partial charge in [0.1, 0.15) is 16.5 Å². The predicted octanol–water partition coefficient (Wildman–Crippen LogP) is 4.20. The van der Waals surface area contributed by atoms with Crippen LogP contribution in [0.5, 0.6) is 0 Å². The molecule has 1 aromatic carbocycles. The fourth-order valence-corrected chi connectivity index (χ4v) is 5.83. The highest BCUT2D eigenvalue weighted by molar-refractivity contribution is 6.29. The quantitative estimate of drug-likeness (QED) is 0.296. The van der Waals surface area contributed by atoms with Gasteiger partial charge in [0.15, 0.2) is 7.05 Å². The van der Waals surface area contributed by atoms with Crippen molar-refractivity contribution in [1.29, 1.82) is 0 Å². The standard InChI is InChI=1S/C27H31ClN9O/c1-15-10-18(16(2)31-21-6-7-22(28)32-24(21)25-29-14-35(5)33-25)23-19(11-15)27(38)36-9-8-17(13-34(3)4)37-26(36)20(23)12-30-37/h6-7,10-12,16-17,31H,8-9,13-14H2,1-5H3/q+1. The van der Waals surface area contributed by atoms with Crippen LogP contribution in [-0.2, 0) is 6.54 Å². The van der Waals surface area contributed by atoms with Gasteiger partial charge in [-0.1, -0.05) is 17.7 Å². The second-order valence-electron chi connectivity index (χ2n) is 10.5. The van der Waals surface area contributed by atoms with Crippen molar-refractivity contribution in [2.75, 3.05) is 39.7 Å². The summed E-state index contributed by atoms with van der Waals surface area (Å²) in [6.07, 6.45) is 2.80. The number of anilines is 1. The summed E-state index contributed by atoms with van der Waals surface area (Å²) in [5.74, 6) is 0.541. The largest absolute Gasteiger partial charge is 0.377 e. The minimum Gasteiger partial charge on any atom is -0.377 e. The van der Waals surface area contributed by atoms with Gasteiger partial charge in [-0.25, -0.2) is 9.67 Å². The highest BCUT2D eigenvalue weighted by atomic mass is 35.5. The first-order valence-corrected chi connectivity index (χ1v) is 13.2. The van der Waals surface area contributed by atoms with Crippen LogP contribution in [-0.4, -0.2) is 69.1 Å². The van der Waals surface area contributed by atoms with Crippen LogP contribution in [0, 0.1) is 6.92 Å². The van der Waals surface area contributed by atoms with Crippen LogP contribution in [0.15, 0.2) is 45.4 Å². The van der Waals surface area contributed by atoms with E-state index in [-0.39, 0.29) is 17.6 Å². The van der Waals surface area contributed by atoms with Gasteiger partial charge < -0.3 is 10.2 Å². The molecule has 4 aromatic rings. The van der Waals surface area contributed by atoms with E-state index in [0.29, 0.717) is 29.9 Å². The zero-order valence-electron chi connectivity index (χ0n) is 22.2. The molecule has 0 saturated carbocycles. The zero-order chi connectivity index (χ0) is 26.7. The molecule has 11 heteroatoms. The Bertz CT molecular complexity index is 1720. The summed E-state index contributed by atoms with van der Waals surface area (Å²) < 4.78 is 5.70. The Morgan fingerprint density at radius 2 is 2.08 bits per heavy atom. The summed E-state index contributed by atoms with van der Waals surface area (Å²) in [5, 5.41) is 15.9. The lowest BCUT2D eigenvalue weighted by Gasteiger charge is -2.28. The van der Waals surface area contributed by atoms with Crippen molar-refractivity contribution in [3.8, 4) is 0 Å². The van der Waals surface area contributed by atoms with Gasteiger partial charge in [-0.3, -0.25) is 9.36 Å². The average Bonchev–Trinajstić information content (AvgIpc) is 3.51. The molecule has 6 rings (SSSR count). The first-order valence-electron chi connectivity index (χ1n) is 12.8. The maximum atomic E-state index is 13.8. The van der Waals surface area contributed by atoms with E-state index in [0.717, 1.165) is 51.6 Å². The Labute approximate surface area is 225 Å². The van der Waals surface area contributed by atoms with Gasteiger partial charge in [0, 0.05) is 40.4 Å². The fourth-order valence-electron chi connectivity index (χ4n) is 5.68. The first-order chi connectivity index (χ1) is 18.2. The predicted molar refractivity (Wildman–Crippen MR) is 150 cm³/mol. The molecule has 2 aliphatic rings. The summed E-state index contributed by atoms with van der Waals surface area (Å²) in [7, 11) is 6.00. The Balaban J connectivity index is 1.50. The molecular formula is C27H31ClN9O+. The third kappa shape index (κ3) is 4.08. The summed E-state index contributed by atoms with van der Waals surface area (Å²) in [4.78, 5) is 25.0. The minimum atomic E-state index is -0.152. The molecule has 1 N–H and O–H groups in total. The van der Waals surface area contributed by atoms with Gasteiger partial charge >= 0.3 is 0 Å². The molecule has 0 amide bonds. The highest BCUT2D eigenvalue weighted by Crippen LogP contribution is 2.36. The van der Waals surface area contributed by atoms with Crippen LogP contribution in [0.2, 0.25) is 5.15 Å². The van der Waals surface area contributed by atoms with Crippen LogP contribution < -0.4 is 10.9 Å². The van der Waals surface area contributed by atoms with E-state index in [1.165, 1.54) is 0 Å². The van der Waals surface area contributed by atoms with E-state index in [9.17, 15) is 4.79 Å². The van der Waals surface area contributed by atoms with Crippen molar-refractivity contribution < 1.29 is 4.70 Å². The number of azo groups is 2. The number of aromatic nitrogens is 4. The smallest absolute Gasteiger partial charge is 0.263 e. The van der Waals surface area contributed by atoms with Crippen molar-refractivity contribution >= 4 is 44.9 Å². The maximum absolute atomic E-state index is 13.8. The topological polar surface area (TPSA) is 95.7 Å². The number of aryl methyl sites for hydroxylation is 2. The molecule has 2 unspecified atom stereocenters. The number of hydrogen-bond donors (Lipinski definition) is 1. The second kappa shape index (κ2) is 9.28. The lowest BCUT2D eigenvalue weighted by molar-refractivity contribution is -0.551. The Morgan fingerprint density at radius 3 is 2.82 bits per heavy atom. The summed E-state index contributed by atoms with van der Waals surface area (Å²) in [6, 6.07) is 7.88. The van der Waals surface area contributed by atoms with Crippen molar-refractivity contribution in [3.63, 3.8) is 0 Å². The number of halogens is 1. The van der Waals surface area contributed by atoms with Crippen LogP contribution in [0.25, 0.3) is 21.8 Å². The highest BCUT2D eigenvalue weighted by Gasteiger charge is 2.28. The van der Waals surface area contributed by atoms with Crippen molar-refractivity contribution in [2.45, 2.75) is 38.9 Å². The number of nitrogens with zero attached hydrogens (tertiary/aromatic N) is 8. The first kappa shape index (κ1) is 24.7. The molecule has 5 heterocycles. The number of fused-ring (bicyclic) bond motifs is 2. The fraction of sp³-hybridized carbons (Fsp3) is 0.407. The SMILES string of the molecule is Cc1cc(C(C)Nc2ccc(Cl)nc2C2=NC[N+](C)=N2)c2c(c1)c(=O)n1c3c2cnn3C(CN(C)C)CC1. The summed E-state index contributed by atoms with van der Waals surface area (Å²) in [6.45, 7) is 6.16. The van der Waals surface area contributed by atoms with Crippen LogP contribution in [0.1, 0.15) is 42.2 Å². The van der Waals surface area contributed by atoms with E-state index >= 15 is 0 Å². The van der Waals surface area contributed by atoms with Gasteiger partial charge in [-0.2, -0.15) is 10.1 Å². The van der Waals surface area contributed by atoms with E-state index in [1.807, 2.05) is 41.5 Å². The van der Waals surface area contributed by atoms with Crippen molar-refractivity contribution in [2.24, 2.45) is 10.1 Å². The molecule has 2 aliphatic heterocycles. The number of amidine groups is 1. The monoisotopic (exact) mass is 532 g/mol. The molecule has 196 valence electrons. The van der Waals surface area contributed by atoms with Crippen LogP contribution in [0.3, 0.4) is 0 Å². The zero-order valence-corrected chi connectivity index (χ0v) is 23.0.